The van der Waals surface area contributed by atoms with Gasteiger partial charge in [0.15, 0.2) is 5.78 Å². The number of carbonyl (C=O) groups excluding carboxylic acids is 1. The fourth-order valence-electron chi connectivity index (χ4n) is 6.52. The van der Waals surface area contributed by atoms with Gasteiger partial charge in [-0.05, 0) is 80.3 Å². The molecule has 2 nitrogen and oxygen atoms in total. The molecule has 0 aromatic carbocycles. The summed E-state index contributed by atoms with van der Waals surface area (Å²) < 4.78 is 0. The SMILES string of the molecule is C[C@]12C=CC(=O)C(Cl)=C1CC[C@H]1[C@@H]2CC[C@]2(C)[C@H]1CC[C@]2(C)O. The highest BCUT2D eigenvalue weighted by molar-refractivity contribution is 6.45. The average Bonchev–Trinajstić information content (AvgIpc) is 2.74. The van der Waals surface area contributed by atoms with Crippen LogP contribution in [0.25, 0.3) is 0 Å². The van der Waals surface area contributed by atoms with E-state index in [9.17, 15) is 9.90 Å². The van der Waals surface area contributed by atoms with Gasteiger partial charge in [-0.3, -0.25) is 4.79 Å². The molecule has 0 spiro atoms. The van der Waals surface area contributed by atoms with Crippen LogP contribution in [0.3, 0.4) is 0 Å². The van der Waals surface area contributed by atoms with Crippen LogP contribution in [0.2, 0.25) is 0 Å². The van der Waals surface area contributed by atoms with Crippen molar-refractivity contribution in [3.63, 3.8) is 0 Å². The number of aliphatic hydroxyl groups is 1. The van der Waals surface area contributed by atoms with Gasteiger partial charge in [0.25, 0.3) is 0 Å². The predicted octanol–water partition coefficient (Wildman–Crippen LogP) is 4.61. The van der Waals surface area contributed by atoms with Gasteiger partial charge >= 0.3 is 0 Å². The van der Waals surface area contributed by atoms with Crippen LogP contribution < -0.4 is 0 Å². The van der Waals surface area contributed by atoms with Gasteiger partial charge in [0.2, 0.25) is 0 Å². The van der Waals surface area contributed by atoms with Crippen molar-refractivity contribution in [2.45, 2.75) is 64.9 Å². The molecule has 126 valence electrons. The molecule has 3 fully saturated rings. The molecule has 6 atom stereocenters. The third kappa shape index (κ3) is 1.88. The van der Waals surface area contributed by atoms with Crippen molar-refractivity contribution in [3.8, 4) is 0 Å². The maximum Gasteiger partial charge on any atom is 0.196 e. The molecule has 3 saturated carbocycles. The first-order chi connectivity index (χ1) is 10.7. The van der Waals surface area contributed by atoms with Crippen molar-refractivity contribution in [3.05, 3.63) is 22.8 Å². The monoisotopic (exact) mass is 334 g/mol. The Balaban J connectivity index is 1.74. The number of carbonyl (C=O) groups is 1. The maximum absolute atomic E-state index is 12.0. The molecular weight excluding hydrogens is 308 g/mol. The normalized spacial score (nSPS) is 52.2. The summed E-state index contributed by atoms with van der Waals surface area (Å²) in [5, 5.41) is 11.4. The second kappa shape index (κ2) is 4.73. The summed E-state index contributed by atoms with van der Waals surface area (Å²) in [5.74, 6) is 1.76. The summed E-state index contributed by atoms with van der Waals surface area (Å²) in [5.41, 5.74) is 0.615. The number of fused-ring (bicyclic) bond motifs is 5. The summed E-state index contributed by atoms with van der Waals surface area (Å²) in [4.78, 5) is 12.0. The third-order valence-corrected chi connectivity index (χ3v) is 8.62. The van der Waals surface area contributed by atoms with E-state index in [1.165, 1.54) is 5.57 Å². The van der Waals surface area contributed by atoms with Crippen molar-refractivity contribution in [2.24, 2.45) is 28.6 Å². The highest BCUT2D eigenvalue weighted by Crippen LogP contribution is 2.67. The Morgan fingerprint density at radius 3 is 2.57 bits per heavy atom. The zero-order valence-electron chi connectivity index (χ0n) is 14.4. The molecule has 4 rings (SSSR count). The minimum Gasteiger partial charge on any atom is -0.390 e. The highest BCUT2D eigenvalue weighted by Gasteiger charge is 2.62. The first kappa shape index (κ1) is 15.9. The van der Waals surface area contributed by atoms with Crippen LogP contribution in [-0.2, 0) is 4.79 Å². The van der Waals surface area contributed by atoms with Gasteiger partial charge < -0.3 is 5.11 Å². The highest BCUT2D eigenvalue weighted by atomic mass is 35.5. The van der Waals surface area contributed by atoms with Gasteiger partial charge in [-0.25, -0.2) is 0 Å². The first-order valence-corrected chi connectivity index (χ1v) is 9.43. The number of allylic oxidation sites excluding steroid dienone is 4. The van der Waals surface area contributed by atoms with Crippen molar-refractivity contribution in [2.75, 3.05) is 0 Å². The van der Waals surface area contributed by atoms with E-state index < -0.39 is 5.60 Å². The van der Waals surface area contributed by atoms with Crippen LogP contribution >= 0.6 is 11.6 Å². The van der Waals surface area contributed by atoms with Crippen LogP contribution in [0.15, 0.2) is 22.8 Å². The van der Waals surface area contributed by atoms with E-state index in [4.69, 9.17) is 11.6 Å². The molecule has 1 N–H and O–H groups in total. The van der Waals surface area contributed by atoms with E-state index in [0.29, 0.717) is 22.8 Å². The lowest BCUT2D eigenvalue weighted by molar-refractivity contribution is -0.114. The standard InChI is InChI=1S/C20H27ClO2/c1-18-9-8-16(22)17(21)15(18)5-4-12-13(18)6-10-19(2)14(12)7-11-20(19,3)23/h8-9,12-14,23H,4-7,10-11H2,1-3H3/t12-,13-,14-,18+,19+,20-/m0/s1. The van der Waals surface area contributed by atoms with Gasteiger partial charge in [0.05, 0.1) is 10.6 Å². The zero-order chi connectivity index (χ0) is 16.6. The van der Waals surface area contributed by atoms with Crippen LogP contribution in [0.5, 0.6) is 0 Å². The van der Waals surface area contributed by atoms with Crippen LogP contribution in [0.4, 0.5) is 0 Å². The molecule has 23 heavy (non-hydrogen) atoms. The van der Waals surface area contributed by atoms with E-state index in [2.05, 4.69) is 19.9 Å². The fourth-order valence-corrected chi connectivity index (χ4v) is 6.88. The summed E-state index contributed by atoms with van der Waals surface area (Å²) in [6, 6.07) is 0. The fraction of sp³-hybridized carbons (Fsp3) is 0.750. The number of ketones is 1. The molecule has 0 amide bonds. The Morgan fingerprint density at radius 1 is 1.13 bits per heavy atom. The molecule has 0 aromatic rings. The largest absolute Gasteiger partial charge is 0.390 e. The minimum absolute atomic E-state index is 0.0259. The molecule has 0 aromatic heterocycles. The molecule has 0 unspecified atom stereocenters. The van der Waals surface area contributed by atoms with Crippen LogP contribution in [0.1, 0.15) is 59.3 Å². The number of rotatable bonds is 0. The Morgan fingerprint density at radius 2 is 1.83 bits per heavy atom. The van der Waals surface area contributed by atoms with E-state index in [-0.39, 0.29) is 16.6 Å². The number of hydrogen-bond acceptors (Lipinski definition) is 2. The summed E-state index contributed by atoms with van der Waals surface area (Å²) in [6.07, 6.45) is 10.1. The lowest BCUT2D eigenvalue weighted by Crippen LogP contribution is -2.53. The molecule has 0 saturated heterocycles. The molecule has 4 aliphatic rings. The van der Waals surface area contributed by atoms with Crippen molar-refractivity contribution in [1.29, 1.82) is 0 Å². The Hall–Kier alpha value is -0.600. The van der Waals surface area contributed by atoms with E-state index >= 15 is 0 Å². The lowest BCUT2D eigenvalue weighted by atomic mass is 9.47. The summed E-state index contributed by atoms with van der Waals surface area (Å²) in [7, 11) is 0. The molecule has 0 radical (unpaired) electrons. The maximum atomic E-state index is 12.0. The predicted molar refractivity (Wildman–Crippen MR) is 92.0 cm³/mol. The van der Waals surface area contributed by atoms with E-state index in [1.54, 1.807) is 6.08 Å². The number of hydrogen-bond donors (Lipinski definition) is 1. The van der Waals surface area contributed by atoms with Gasteiger partial charge in [-0.2, -0.15) is 0 Å². The summed E-state index contributed by atoms with van der Waals surface area (Å²) in [6.45, 7) is 6.63. The molecule has 3 heteroatoms. The first-order valence-electron chi connectivity index (χ1n) is 9.06. The molecule has 0 aliphatic heterocycles. The minimum atomic E-state index is -0.532. The molecule has 4 aliphatic carbocycles. The smallest absolute Gasteiger partial charge is 0.196 e. The van der Waals surface area contributed by atoms with E-state index in [1.807, 2.05) is 6.92 Å². The average molecular weight is 335 g/mol. The second-order valence-corrected chi connectivity index (χ2v) is 9.33. The van der Waals surface area contributed by atoms with Gasteiger partial charge in [-0.15, -0.1) is 0 Å². The van der Waals surface area contributed by atoms with Crippen molar-refractivity contribution < 1.29 is 9.90 Å². The Labute approximate surface area is 144 Å². The van der Waals surface area contributed by atoms with Crippen LogP contribution in [-0.4, -0.2) is 16.5 Å². The molecule has 0 bridgehead atoms. The van der Waals surface area contributed by atoms with Crippen molar-refractivity contribution in [1.82, 2.24) is 0 Å². The number of halogens is 1. The van der Waals surface area contributed by atoms with Crippen molar-refractivity contribution >= 4 is 17.4 Å². The third-order valence-electron chi connectivity index (χ3n) is 8.21. The van der Waals surface area contributed by atoms with Crippen LogP contribution in [0, 0.1) is 28.6 Å². The Kier molecular flexibility index (Phi) is 3.27. The van der Waals surface area contributed by atoms with E-state index in [0.717, 1.165) is 38.5 Å². The zero-order valence-corrected chi connectivity index (χ0v) is 15.1. The van der Waals surface area contributed by atoms with Gasteiger partial charge in [0.1, 0.15) is 0 Å². The second-order valence-electron chi connectivity index (χ2n) is 8.96. The topological polar surface area (TPSA) is 37.3 Å². The lowest BCUT2D eigenvalue weighted by Gasteiger charge is -2.58. The van der Waals surface area contributed by atoms with Gasteiger partial charge in [-0.1, -0.05) is 31.5 Å². The quantitative estimate of drug-likeness (QED) is 0.702. The van der Waals surface area contributed by atoms with Gasteiger partial charge in [0, 0.05) is 5.41 Å². The molecular formula is C20H27ClO2. The summed E-state index contributed by atoms with van der Waals surface area (Å²) >= 11 is 6.38. The Bertz CT molecular complexity index is 632. The molecule has 0 heterocycles.